The van der Waals surface area contributed by atoms with Crippen molar-refractivity contribution in [2.45, 2.75) is 6.54 Å². The zero-order chi connectivity index (χ0) is 24.1. The monoisotopic (exact) mass is 479 g/mol. The van der Waals surface area contributed by atoms with Gasteiger partial charge in [-0.05, 0) is 65.7 Å². The molecule has 0 unspecified atom stereocenters. The van der Waals surface area contributed by atoms with Crippen LogP contribution in [-0.2, 0) is 16.1 Å². The van der Waals surface area contributed by atoms with Gasteiger partial charge in [0.1, 0.15) is 17.3 Å². The van der Waals surface area contributed by atoms with Gasteiger partial charge in [-0.2, -0.15) is 0 Å². The number of ether oxygens (including phenoxy) is 1. The molecule has 7 nitrogen and oxygen atoms in total. The fourth-order valence-electron chi connectivity index (χ4n) is 3.19. The highest BCUT2D eigenvalue weighted by Crippen LogP contribution is 2.20. The summed E-state index contributed by atoms with van der Waals surface area (Å²) in [7, 11) is 0. The van der Waals surface area contributed by atoms with Crippen LogP contribution in [0.2, 0.25) is 5.02 Å². The molecule has 2 N–H and O–H groups in total. The average molecular weight is 480 g/mol. The third kappa shape index (κ3) is 5.79. The smallest absolute Gasteiger partial charge is 0.329 e. The number of imide groups is 1. The lowest BCUT2D eigenvalue weighted by atomic mass is 10.1. The zero-order valence-corrected chi connectivity index (χ0v) is 18.5. The number of urea groups is 1. The molecular formula is C25H19ClFN3O4. The van der Waals surface area contributed by atoms with Gasteiger partial charge in [-0.15, -0.1) is 0 Å². The molecule has 4 amide bonds. The van der Waals surface area contributed by atoms with Crippen LogP contribution < -0.4 is 15.4 Å². The Hall–Kier alpha value is -4.17. The molecule has 3 aromatic carbocycles. The van der Waals surface area contributed by atoms with E-state index in [-0.39, 0.29) is 18.8 Å². The molecule has 9 heteroatoms. The lowest BCUT2D eigenvalue weighted by Crippen LogP contribution is -2.30. The minimum Gasteiger partial charge on any atom is -0.484 e. The van der Waals surface area contributed by atoms with E-state index >= 15 is 0 Å². The zero-order valence-electron chi connectivity index (χ0n) is 17.8. The predicted molar refractivity (Wildman–Crippen MR) is 125 cm³/mol. The van der Waals surface area contributed by atoms with Crippen molar-refractivity contribution in [3.05, 3.63) is 100 Å². The van der Waals surface area contributed by atoms with E-state index in [1.54, 1.807) is 54.6 Å². The Morgan fingerprint density at radius 1 is 1.00 bits per heavy atom. The Bertz CT molecular complexity index is 1240. The Kier molecular flexibility index (Phi) is 6.89. The number of halogens is 2. The topological polar surface area (TPSA) is 87.7 Å². The second-order valence-electron chi connectivity index (χ2n) is 7.42. The molecule has 1 aliphatic rings. The van der Waals surface area contributed by atoms with Crippen molar-refractivity contribution in [2.24, 2.45) is 0 Å². The van der Waals surface area contributed by atoms with Crippen molar-refractivity contribution in [3.8, 4) is 5.75 Å². The Balaban J connectivity index is 1.33. The van der Waals surface area contributed by atoms with E-state index in [4.69, 9.17) is 16.3 Å². The molecule has 34 heavy (non-hydrogen) atoms. The normalized spacial score (nSPS) is 14.3. The van der Waals surface area contributed by atoms with Gasteiger partial charge in [0.05, 0.1) is 6.54 Å². The van der Waals surface area contributed by atoms with Crippen LogP contribution in [0.5, 0.6) is 5.75 Å². The van der Waals surface area contributed by atoms with Gasteiger partial charge in [-0.3, -0.25) is 14.5 Å². The summed E-state index contributed by atoms with van der Waals surface area (Å²) in [6, 6.07) is 18.5. The first-order chi connectivity index (χ1) is 16.4. The van der Waals surface area contributed by atoms with Crippen molar-refractivity contribution in [2.75, 3.05) is 11.9 Å². The number of amides is 4. The van der Waals surface area contributed by atoms with Crippen LogP contribution in [0.15, 0.2) is 78.5 Å². The number of benzene rings is 3. The van der Waals surface area contributed by atoms with Crippen molar-refractivity contribution in [3.63, 3.8) is 0 Å². The average Bonchev–Trinajstić information content (AvgIpc) is 3.09. The largest absolute Gasteiger partial charge is 0.484 e. The second-order valence-corrected chi connectivity index (χ2v) is 7.86. The van der Waals surface area contributed by atoms with Crippen molar-refractivity contribution < 1.29 is 23.5 Å². The fourth-order valence-corrected chi connectivity index (χ4v) is 3.32. The second kappa shape index (κ2) is 10.2. The Morgan fingerprint density at radius 2 is 1.68 bits per heavy atom. The molecule has 1 heterocycles. The molecule has 0 aliphatic carbocycles. The predicted octanol–water partition coefficient (Wildman–Crippen LogP) is 4.59. The molecule has 172 valence electrons. The molecule has 4 rings (SSSR count). The summed E-state index contributed by atoms with van der Waals surface area (Å²) in [6.45, 7) is -0.0993. The van der Waals surface area contributed by atoms with Gasteiger partial charge in [0.25, 0.3) is 11.8 Å². The molecule has 0 bridgehead atoms. The van der Waals surface area contributed by atoms with E-state index in [1.165, 1.54) is 24.3 Å². The molecule has 0 aromatic heterocycles. The van der Waals surface area contributed by atoms with E-state index in [0.717, 1.165) is 10.5 Å². The third-order valence-corrected chi connectivity index (χ3v) is 5.16. The Labute approximate surface area is 199 Å². The van der Waals surface area contributed by atoms with Gasteiger partial charge in [0.2, 0.25) is 0 Å². The summed E-state index contributed by atoms with van der Waals surface area (Å²) >= 11 is 5.87. The number of hydrogen-bond acceptors (Lipinski definition) is 4. The molecule has 0 spiro atoms. The molecular weight excluding hydrogens is 461 g/mol. The summed E-state index contributed by atoms with van der Waals surface area (Å²) < 4.78 is 18.4. The lowest BCUT2D eigenvalue weighted by molar-refractivity contribution is -0.123. The van der Waals surface area contributed by atoms with E-state index in [1.807, 2.05) is 0 Å². The minimum absolute atomic E-state index is 0.131. The van der Waals surface area contributed by atoms with Gasteiger partial charge in [0.15, 0.2) is 6.61 Å². The summed E-state index contributed by atoms with van der Waals surface area (Å²) in [5.74, 6) is -0.768. The van der Waals surface area contributed by atoms with Gasteiger partial charge in [0, 0.05) is 10.7 Å². The van der Waals surface area contributed by atoms with Crippen LogP contribution in [0.4, 0.5) is 14.9 Å². The third-order valence-electron chi connectivity index (χ3n) is 4.91. The molecule has 0 radical (unpaired) electrons. The molecule has 1 fully saturated rings. The number of nitrogens with zero attached hydrogens (tertiary/aromatic N) is 1. The number of hydrogen-bond donors (Lipinski definition) is 2. The van der Waals surface area contributed by atoms with E-state index in [9.17, 15) is 18.8 Å². The van der Waals surface area contributed by atoms with Crippen LogP contribution in [0.3, 0.4) is 0 Å². The van der Waals surface area contributed by atoms with Crippen LogP contribution in [0.25, 0.3) is 6.08 Å². The molecule has 1 aliphatic heterocycles. The molecule has 3 aromatic rings. The quantitative estimate of drug-likeness (QED) is 0.383. The summed E-state index contributed by atoms with van der Waals surface area (Å²) in [4.78, 5) is 38.0. The maximum absolute atomic E-state index is 12.9. The van der Waals surface area contributed by atoms with Crippen LogP contribution >= 0.6 is 11.6 Å². The first-order valence-corrected chi connectivity index (χ1v) is 10.6. The maximum atomic E-state index is 12.9. The van der Waals surface area contributed by atoms with Crippen LogP contribution in [0.1, 0.15) is 11.1 Å². The van der Waals surface area contributed by atoms with Crippen molar-refractivity contribution in [1.29, 1.82) is 0 Å². The number of anilines is 1. The molecule has 1 saturated heterocycles. The summed E-state index contributed by atoms with van der Waals surface area (Å²) in [5.41, 5.74) is 2.07. The molecule has 0 atom stereocenters. The fraction of sp³-hybridized carbons (Fsp3) is 0.0800. The van der Waals surface area contributed by atoms with E-state index in [0.29, 0.717) is 22.0 Å². The summed E-state index contributed by atoms with van der Waals surface area (Å²) in [5, 5.41) is 5.75. The first-order valence-electron chi connectivity index (χ1n) is 10.2. The maximum Gasteiger partial charge on any atom is 0.329 e. The van der Waals surface area contributed by atoms with E-state index in [2.05, 4.69) is 10.6 Å². The number of rotatable bonds is 7. The lowest BCUT2D eigenvalue weighted by Gasteiger charge is -2.11. The van der Waals surface area contributed by atoms with Gasteiger partial charge in [-0.1, -0.05) is 35.9 Å². The molecule has 0 saturated carbocycles. The van der Waals surface area contributed by atoms with Gasteiger partial charge < -0.3 is 15.4 Å². The number of carbonyl (C=O) groups excluding carboxylic acids is 3. The standard InChI is InChI=1S/C25H19ClFN3O4/c26-18-5-1-17(2-6-18)14-30-24(32)22(29-25(30)33)13-16-3-11-21(12-4-16)34-15-23(31)28-20-9-7-19(27)8-10-20/h1-13H,14-15H2,(H,28,31)(H,29,33). The Morgan fingerprint density at radius 3 is 2.35 bits per heavy atom. The van der Waals surface area contributed by atoms with E-state index < -0.39 is 23.7 Å². The van der Waals surface area contributed by atoms with Crippen molar-refractivity contribution in [1.82, 2.24) is 10.2 Å². The highest BCUT2D eigenvalue weighted by Gasteiger charge is 2.33. The highest BCUT2D eigenvalue weighted by molar-refractivity contribution is 6.30. The van der Waals surface area contributed by atoms with Gasteiger partial charge >= 0.3 is 6.03 Å². The number of carbonyl (C=O) groups is 3. The number of nitrogens with one attached hydrogen (secondary N) is 2. The van der Waals surface area contributed by atoms with Crippen LogP contribution in [0, 0.1) is 5.82 Å². The highest BCUT2D eigenvalue weighted by atomic mass is 35.5. The minimum atomic E-state index is -0.502. The first kappa shape index (κ1) is 23.0. The van der Waals surface area contributed by atoms with Crippen LogP contribution in [-0.4, -0.2) is 29.4 Å². The SMILES string of the molecule is O=C(COc1ccc(C=C2NC(=O)N(Cc3ccc(Cl)cc3)C2=O)cc1)Nc1ccc(F)cc1. The van der Waals surface area contributed by atoms with Gasteiger partial charge in [-0.25, -0.2) is 9.18 Å². The van der Waals surface area contributed by atoms with Crippen molar-refractivity contribution >= 4 is 41.2 Å². The summed E-state index contributed by atoms with van der Waals surface area (Å²) in [6.07, 6.45) is 1.56.